The highest BCUT2D eigenvalue weighted by Crippen LogP contribution is 2.35. The van der Waals surface area contributed by atoms with E-state index in [-0.39, 0.29) is 0 Å². The maximum Gasteiger partial charge on any atom is 0.357 e. The minimum Gasteiger partial charge on any atom is -0.377 e. The SMILES string of the molecule is Cc1c(C)c(N(C)C)c(C)c(C)c1NS(=O)(=O)O. The highest BCUT2D eigenvalue weighted by Gasteiger charge is 2.18. The summed E-state index contributed by atoms with van der Waals surface area (Å²) in [7, 11) is -0.355. The molecule has 0 saturated heterocycles. The van der Waals surface area contributed by atoms with Crippen molar-refractivity contribution < 1.29 is 13.0 Å². The Bertz CT molecular complexity index is 548. The second-order valence-electron chi connectivity index (χ2n) is 4.70. The lowest BCUT2D eigenvalue weighted by molar-refractivity contribution is 0.489. The molecule has 1 aromatic rings. The first-order valence-corrected chi connectivity index (χ1v) is 7.03. The Kier molecular flexibility index (Phi) is 3.92. The number of nitrogens with one attached hydrogen (secondary N) is 1. The maximum absolute atomic E-state index is 11.0. The van der Waals surface area contributed by atoms with Gasteiger partial charge in [-0.25, -0.2) is 0 Å². The number of hydrogen-bond acceptors (Lipinski definition) is 3. The van der Waals surface area contributed by atoms with E-state index in [0.717, 1.165) is 27.9 Å². The minimum absolute atomic E-state index is 0.457. The van der Waals surface area contributed by atoms with E-state index in [1.165, 1.54) is 0 Å². The lowest BCUT2D eigenvalue weighted by atomic mass is 9.96. The van der Waals surface area contributed by atoms with Crippen LogP contribution in [0.2, 0.25) is 0 Å². The van der Waals surface area contributed by atoms with E-state index < -0.39 is 10.3 Å². The Morgan fingerprint density at radius 2 is 1.33 bits per heavy atom. The highest BCUT2D eigenvalue weighted by molar-refractivity contribution is 7.87. The van der Waals surface area contributed by atoms with Crippen LogP contribution in [0, 0.1) is 27.7 Å². The predicted octanol–water partition coefficient (Wildman–Crippen LogP) is 2.20. The minimum atomic E-state index is -4.25. The first-order chi connectivity index (χ1) is 8.06. The van der Waals surface area contributed by atoms with E-state index in [9.17, 15) is 8.42 Å². The molecule has 0 aliphatic carbocycles. The largest absolute Gasteiger partial charge is 0.377 e. The van der Waals surface area contributed by atoms with Gasteiger partial charge in [-0.15, -0.1) is 0 Å². The van der Waals surface area contributed by atoms with Crippen LogP contribution in [0.25, 0.3) is 0 Å². The van der Waals surface area contributed by atoms with Crippen molar-refractivity contribution in [1.29, 1.82) is 0 Å². The summed E-state index contributed by atoms with van der Waals surface area (Å²) in [6.45, 7) is 7.54. The van der Waals surface area contributed by atoms with Gasteiger partial charge >= 0.3 is 10.3 Å². The molecule has 6 heteroatoms. The first kappa shape index (κ1) is 14.8. The van der Waals surface area contributed by atoms with Gasteiger partial charge in [-0.2, -0.15) is 8.42 Å². The van der Waals surface area contributed by atoms with Gasteiger partial charge in [-0.1, -0.05) is 0 Å². The molecule has 2 N–H and O–H groups in total. The van der Waals surface area contributed by atoms with Crippen molar-refractivity contribution in [2.75, 3.05) is 23.7 Å². The van der Waals surface area contributed by atoms with E-state index in [1.54, 1.807) is 0 Å². The van der Waals surface area contributed by atoms with Gasteiger partial charge in [0.15, 0.2) is 0 Å². The Hall–Kier alpha value is -1.27. The van der Waals surface area contributed by atoms with Crippen LogP contribution in [0.4, 0.5) is 11.4 Å². The Balaban J connectivity index is 3.59. The zero-order valence-corrected chi connectivity index (χ0v) is 12.4. The third-order valence-electron chi connectivity index (χ3n) is 3.26. The van der Waals surface area contributed by atoms with Crippen LogP contribution in [0.3, 0.4) is 0 Å². The molecule has 0 aromatic heterocycles. The fourth-order valence-corrected chi connectivity index (χ4v) is 2.81. The third-order valence-corrected chi connectivity index (χ3v) is 3.73. The standard InChI is InChI=1S/C12H20N2O3S/c1-7-9(3)12(14(5)6)10(4)8(2)11(7)13-18(15,16)17/h13H,1-6H3,(H,15,16,17). The first-order valence-electron chi connectivity index (χ1n) is 5.59. The quantitative estimate of drug-likeness (QED) is 0.828. The van der Waals surface area contributed by atoms with Crippen LogP contribution in [-0.2, 0) is 10.3 Å². The van der Waals surface area contributed by atoms with Gasteiger partial charge in [0.05, 0.1) is 5.69 Å². The summed E-state index contributed by atoms with van der Waals surface area (Å²) in [5.41, 5.74) is 5.16. The lowest BCUT2D eigenvalue weighted by Gasteiger charge is -2.24. The van der Waals surface area contributed by atoms with Crippen LogP contribution in [0.5, 0.6) is 0 Å². The molecule has 5 nitrogen and oxygen atoms in total. The monoisotopic (exact) mass is 272 g/mol. The van der Waals surface area contributed by atoms with Gasteiger partial charge in [0.25, 0.3) is 0 Å². The zero-order valence-electron chi connectivity index (χ0n) is 11.6. The molecule has 0 aliphatic heterocycles. The Labute approximate surface area is 109 Å². The van der Waals surface area contributed by atoms with Crippen molar-refractivity contribution in [1.82, 2.24) is 0 Å². The molecule has 1 aromatic carbocycles. The zero-order chi connectivity index (χ0) is 14.2. The molecule has 0 unspecified atom stereocenters. The lowest BCUT2D eigenvalue weighted by Crippen LogP contribution is -2.17. The molecule has 0 fully saturated rings. The second kappa shape index (κ2) is 4.78. The number of benzene rings is 1. The van der Waals surface area contributed by atoms with Gasteiger partial charge in [0, 0.05) is 19.8 Å². The predicted molar refractivity (Wildman–Crippen MR) is 74.9 cm³/mol. The maximum atomic E-state index is 11.0. The van der Waals surface area contributed by atoms with Crippen LogP contribution in [0.1, 0.15) is 22.3 Å². The summed E-state index contributed by atoms with van der Waals surface area (Å²) >= 11 is 0. The van der Waals surface area contributed by atoms with Crippen LogP contribution >= 0.6 is 0 Å². The van der Waals surface area contributed by atoms with E-state index >= 15 is 0 Å². The average Bonchev–Trinajstić information content (AvgIpc) is 2.20. The second-order valence-corrected chi connectivity index (χ2v) is 5.85. The number of anilines is 2. The molecule has 0 heterocycles. The summed E-state index contributed by atoms with van der Waals surface area (Å²) in [6, 6.07) is 0. The molecular weight excluding hydrogens is 252 g/mol. The van der Waals surface area contributed by atoms with Crippen molar-refractivity contribution in [3.63, 3.8) is 0 Å². The van der Waals surface area contributed by atoms with E-state index in [1.807, 2.05) is 46.7 Å². The van der Waals surface area contributed by atoms with Crippen molar-refractivity contribution in [3.8, 4) is 0 Å². The molecule has 0 saturated carbocycles. The molecule has 18 heavy (non-hydrogen) atoms. The van der Waals surface area contributed by atoms with E-state index in [2.05, 4.69) is 4.72 Å². The van der Waals surface area contributed by atoms with Gasteiger partial charge in [0.1, 0.15) is 0 Å². The molecule has 1 rings (SSSR count). The van der Waals surface area contributed by atoms with Crippen molar-refractivity contribution in [2.45, 2.75) is 27.7 Å². The fraction of sp³-hybridized carbons (Fsp3) is 0.500. The molecule has 0 amide bonds. The third kappa shape index (κ3) is 2.76. The van der Waals surface area contributed by atoms with E-state index in [0.29, 0.717) is 5.69 Å². The van der Waals surface area contributed by atoms with Crippen LogP contribution in [-0.4, -0.2) is 27.1 Å². The van der Waals surface area contributed by atoms with Crippen molar-refractivity contribution in [2.24, 2.45) is 0 Å². The van der Waals surface area contributed by atoms with Crippen molar-refractivity contribution in [3.05, 3.63) is 22.3 Å². The summed E-state index contributed by atoms with van der Waals surface area (Å²) in [6.07, 6.45) is 0. The normalized spacial score (nSPS) is 11.5. The molecule has 0 radical (unpaired) electrons. The number of nitrogens with zero attached hydrogens (tertiary/aromatic N) is 1. The van der Waals surface area contributed by atoms with Crippen molar-refractivity contribution >= 4 is 21.7 Å². The fourth-order valence-electron chi connectivity index (χ4n) is 2.25. The topological polar surface area (TPSA) is 69.6 Å². The van der Waals surface area contributed by atoms with Gasteiger partial charge < -0.3 is 4.90 Å². The summed E-state index contributed by atoms with van der Waals surface area (Å²) < 4.78 is 33.1. The molecule has 0 spiro atoms. The van der Waals surface area contributed by atoms with Gasteiger partial charge in [-0.3, -0.25) is 9.27 Å². The molecule has 102 valence electrons. The van der Waals surface area contributed by atoms with Crippen LogP contribution in [0.15, 0.2) is 0 Å². The number of rotatable bonds is 3. The Morgan fingerprint density at radius 3 is 1.61 bits per heavy atom. The summed E-state index contributed by atoms with van der Waals surface area (Å²) in [5.74, 6) is 0. The molecule has 0 atom stereocenters. The molecule has 0 bridgehead atoms. The highest BCUT2D eigenvalue weighted by atomic mass is 32.2. The summed E-state index contributed by atoms with van der Waals surface area (Å²) in [5, 5.41) is 0. The molecular formula is C12H20N2O3S. The van der Waals surface area contributed by atoms with Gasteiger partial charge in [0.2, 0.25) is 0 Å². The summed E-state index contributed by atoms with van der Waals surface area (Å²) in [4.78, 5) is 2.00. The van der Waals surface area contributed by atoms with Gasteiger partial charge in [-0.05, 0) is 49.9 Å². The number of hydrogen-bond donors (Lipinski definition) is 2. The Morgan fingerprint density at radius 1 is 0.944 bits per heavy atom. The van der Waals surface area contributed by atoms with E-state index in [4.69, 9.17) is 4.55 Å². The van der Waals surface area contributed by atoms with Crippen LogP contribution < -0.4 is 9.62 Å². The smallest absolute Gasteiger partial charge is 0.357 e. The average molecular weight is 272 g/mol. The molecule has 0 aliphatic rings.